The van der Waals surface area contributed by atoms with E-state index in [0.29, 0.717) is 12.0 Å². The molecule has 0 N–H and O–H groups in total. The average molecular weight is 244 g/mol. The SMILES string of the molecule is CCCC(CS)COC1CC(C)CC(C)C1. The molecular formula is C14H28OS. The van der Waals surface area contributed by atoms with Crippen LogP contribution in [0.15, 0.2) is 0 Å². The van der Waals surface area contributed by atoms with Gasteiger partial charge in [-0.2, -0.15) is 12.6 Å². The van der Waals surface area contributed by atoms with E-state index in [1.165, 1.54) is 32.1 Å². The molecule has 0 aromatic heterocycles. The minimum Gasteiger partial charge on any atom is -0.378 e. The number of ether oxygens (including phenoxy) is 1. The first-order valence-electron chi connectivity index (χ1n) is 6.88. The third-order valence-electron chi connectivity index (χ3n) is 3.66. The molecule has 16 heavy (non-hydrogen) atoms. The fourth-order valence-electron chi connectivity index (χ4n) is 2.92. The first-order chi connectivity index (χ1) is 7.65. The molecule has 0 saturated heterocycles. The van der Waals surface area contributed by atoms with Gasteiger partial charge in [0.05, 0.1) is 12.7 Å². The molecule has 1 saturated carbocycles. The van der Waals surface area contributed by atoms with Gasteiger partial charge in [0.2, 0.25) is 0 Å². The van der Waals surface area contributed by atoms with Gasteiger partial charge in [-0.25, -0.2) is 0 Å². The molecule has 0 heterocycles. The Kier molecular flexibility index (Phi) is 6.83. The van der Waals surface area contributed by atoms with E-state index in [4.69, 9.17) is 4.74 Å². The van der Waals surface area contributed by atoms with E-state index in [-0.39, 0.29) is 0 Å². The Morgan fingerprint density at radius 3 is 2.31 bits per heavy atom. The molecule has 1 aliphatic carbocycles. The third kappa shape index (κ3) is 5.09. The van der Waals surface area contributed by atoms with E-state index in [9.17, 15) is 0 Å². The van der Waals surface area contributed by atoms with Gasteiger partial charge in [-0.05, 0) is 49.2 Å². The summed E-state index contributed by atoms with van der Waals surface area (Å²) < 4.78 is 6.08. The molecule has 2 heteroatoms. The van der Waals surface area contributed by atoms with Crippen molar-refractivity contribution in [1.29, 1.82) is 0 Å². The maximum atomic E-state index is 6.08. The summed E-state index contributed by atoms with van der Waals surface area (Å²) in [7, 11) is 0. The van der Waals surface area contributed by atoms with Crippen LogP contribution < -0.4 is 0 Å². The van der Waals surface area contributed by atoms with Gasteiger partial charge in [0, 0.05) is 0 Å². The minimum atomic E-state index is 0.512. The minimum absolute atomic E-state index is 0.512. The maximum Gasteiger partial charge on any atom is 0.0580 e. The molecule has 0 radical (unpaired) electrons. The molecule has 3 atom stereocenters. The lowest BCUT2D eigenvalue weighted by molar-refractivity contribution is -0.0136. The summed E-state index contributed by atoms with van der Waals surface area (Å²) in [4.78, 5) is 0. The molecule has 1 fully saturated rings. The summed E-state index contributed by atoms with van der Waals surface area (Å²) in [6.07, 6.45) is 6.90. The van der Waals surface area contributed by atoms with Crippen molar-refractivity contribution in [3.05, 3.63) is 0 Å². The molecule has 0 aromatic carbocycles. The molecule has 1 rings (SSSR count). The lowest BCUT2D eigenvalue weighted by atomic mass is 9.82. The van der Waals surface area contributed by atoms with Crippen molar-refractivity contribution in [2.24, 2.45) is 17.8 Å². The molecule has 0 spiro atoms. The van der Waals surface area contributed by atoms with Crippen molar-refractivity contribution in [2.45, 2.75) is 59.0 Å². The second-order valence-corrected chi connectivity index (χ2v) is 6.08. The molecule has 0 bridgehead atoms. The molecule has 1 aliphatic rings. The summed E-state index contributed by atoms with van der Waals surface area (Å²) in [5.74, 6) is 3.30. The fourth-order valence-corrected chi connectivity index (χ4v) is 3.20. The topological polar surface area (TPSA) is 9.23 Å². The molecule has 0 aromatic rings. The van der Waals surface area contributed by atoms with E-state index in [0.717, 1.165) is 24.2 Å². The van der Waals surface area contributed by atoms with Crippen LogP contribution in [-0.4, -0.2) is 18.5 Å². The van der Waals surface area contributed by atoms with Crippen LogP contribution in [0.25, 0.3) is 0 Å². The van der Waals surface area contributed by atoms with Crippen LogP contribution in [0.4, 0.5) is 0 Å². The summed E-state index contributed by atoms with van der Waals surface area (Å²) in [5, 5.41) is 0. The van der Waals surface area contributed by atoms with E-state index in [1.54, 1.807) is 0 Å². The van der Waals surface area contributed by atoms with Crippen LogP contribution in [0.2, 0.25) is 0 Å². The van der Waals surface area contributed by atoms with Crippen molar-refractivity contribution < 1.29 is 4.74 Å². The summed E-state index contributed by atoms with van der Waals surface area (Å²) in [5.41, 5.74) is 0. The van der Waals surface area contributed by atoms with Gasteiger partial charge in [-0.15, -0.1) is 0 Å². The third-order valence-corrected chi connectivity index (χ3v) is 4.17. The van der Waals surface area contributed by atoms with Gasteiger partial charge in [0.1, 0.15) is 0 Å². The van der Waals surface area contributed by atoms with Crippen LogP contribution >= 0.6 is 12.6 Å². The van der Waals surface area contributed by atoms with Gasteiger partial charge in [-0.1, -0.05) is 27.2 Å². The standard InChI is InChI=1S/C14H28OS/c1-4-5-13(10-16)9-15-14-7-11(2)6-12(3)8-14/h11-14,16H,4-10H2,1-3H3. The van der Waals surface area contributed by atoms with E-state index >= 15 is 0 Å². The lowest BCUT2D eigenvalue weighted by Gasteiger charge is -2.32. The van der Waals surface area contributed by atoms with Gasteiger partial charge in [0.25, 0.3) is 0 Å². The highest BCUT2D eigenvalue weighted by atomic mass is 32.1. The molecular weight excluding hydrogens is 216 g/mol. The first kappa shape index (κ1) is 14.4. The Morgan fingerprint density at radius 2 is 1.81 bits per heavy atom. The molecule has 96 valence electrons. The second kappa shape index (κ2) is 7.60. The Hall–Kier alpha value is 0.310. The number of hydrogen-bond donors (Lipinski definition) is 1. The quantitative estimate of drug-likeness (QED) is 0.690. The zero-order valence-electron chi connectivity index (χ0n) is 11.1. The maximum absolute atomic E-state index is 6.08. The highest BCUT2D eigenvalue weighted by Crippen LogP contribution is 2.30. The highest BCUT2D eigenvalue weighted by Gasteiger charge is 2.24. The van der Waals surface area contributed by atoms with Crippen LogP contribution in [0.5, 0.6) is 0 Å². The largest absolute Gasteiger partial charge is 0.378 e. The Labute approximate surface area is 107 Å². The summed E-state index contributed by atoms with van der Waals surface area (Å²) in [6.45, 7) is 7.87. The Morgan fingerprint density at radius 1 is 1.19 bits per heavy atom. The number of thiol groups is 1. The Bertz CT molecular complexity index is 174. The van der Waals surface area contributed by atoms with Crippen LogP contribution in [0, 0.1) is 17.8 Å². The zero-order chi connectivity index (χ0) is 12.0. The molecule has 0 aliphatic heterocycles. The average Bonchev–Trinajstić information content (AvgIpc) is 2.23. The molecule has 3 unspecified atom stereocenters. The fraction of sp³-hybridized carbons (Fsp3) is 1.00. The predicted molar refractivity (Wildman–Crippen MR) is 74.2 cm³/mol. The summed E-state index contributed by atoms with van der Waals surface area (Å²) >= 11 is 4.40. The van der Waals surface area contributed by atoms with Crippen molar-refractivity contribution in [2.75, 3.05) is 12.4 Å². The van der Waals surface area contributed by atoms with Gasteiger partial charge in [0.15, 0.2) is 0 Å². The smallest absolute Gasteiger partial charge is 0.0580 e. The predicted octanol–water partition coefficient (Wildman–Crippen LogP) is 4.17. The molecule has 1 nitrogen and oxygen atoms in total. The number of hydrogen-bond acceptors (Lipinski definition) is 2. The van der Waals surface area contributed by atoms with Crippen molar-refractivity contribution >= 4 is 12.6 Å². The second-order valence-electron chi connectivity index (χ2n) is 5.71. The zero-order valence-corrected chi connectivity index (χ0v) is 12.0. The highest BCUT2D eigenvalue weighted by molar-refractivity contribution is 7.80. The van der Waals surface area contributed by atoms with Crippen molar-refractivity contribution in [1.82, 2.24) is 0 Å². The molecule has 0 amide bonds. The van der Waals surface area contributed by atoms with E-state index in [2.05, 4.69) is 33.4 Å². The van der Waals surface area contributed by atoms with Crippen LogP contribution in [0.1, 0.15) is 52.9 Å². The van der Waals surface area contributed by atoms with E-state index < -0.39 is 0 Å². The van der Waals surface area contributed by atoms with Crippen molar-refractivity contribution in [3.63, 3.8) is 0 Å². The number of rotatable bonds is 6. The van der Waals surface area contributed by atoms with E-state index in [1.807, 2.05) is 0 Å². The van der Waals surface area contributed by atoms with Gasteiger partial charge >= 0.3 is 0 Å². The monoisotopic (exact) mass is 244 g/mol. The van der Waals surface area contributed by atoms with Gasteiger partial charge in [-0.3, -0.25) is 0 Å². The van der Waals surface area contributed by atoms with Crippen molar-refractivity contribution in [3.8, 4) is 0 Å². The van der Waals surface area contributed by atoms with Crippen LogP contribution in [0.3, 0.4) is 0 Å². The van der Waals surface area contributed by atoms with Gasteiger partial charge < -0.3 is 4.74 Å². The van der Waals surface area contributed by atoms with Crippen LogP contribution in [-0.2, 0) is 4.74 Å². The normalized spacial score (nSPS) is 32.6. The summed E-state index contributed by atoms with van der Waals surface area (Å²) in [6, 6.07) is 0. The first-order valence-corrected chi connectivity index (χ1v) is 7.51. The Balaban J connectivity index is 2.25. The lowest BCUT2D eigenvalue weighted by Crippen LogP contribution is -2.28.